The minimum absolute atomic E-state index is 0.273. The maximum atomic E-state index is 12.4. The smallest absolute Gasteiger partial charge is 0.406 e. The van der Waals surface area contributed by atoms with Gasteiger partial charge in [0.05, 0.1) is 17.4 Å². The van der Waals surface area contributed by atoms with E-state index in [1.807, 2.05) is 13.8 Å². The molecule has 0 spiro atoms. The molecule has 30 heavy (non-hydrogen) atoms. The Balaban J connectivity index is 0.00000155. The predicted octanol–water partition coefficient (Wildman–Crippen LogP) is 6.28. The number of pyridine rings is 2. The first-order valence-corrected chi connectivity index (χ1v) is 9.34. The number of halogens is 4. The number of nitrogens with zero attached hydrogens (tertiary/aromatic N) is 2. The lowest BCUT2D eigenvalue weighted by Crippen LogP contribution is -2.16. The molecular formula is C21H19ClF3N3O2. The first-order chi connectivity index (χ1) is 14.2. The number of rotatable bonds is 4. The van der Waals surface area contributed by atoms with Gasteiger partial charge < -0.3 is 10.1 Å². The molecule has 0 atom stereocenters. The average Bonchev–Trinajstić information content (AvgIpc) is 2.71. The number of benzene rings is 1. The predicted molar refractivity (Wildman–Crippen MR) is 110 cm³/mol. The summed E-state index contributed by atoms with van der Waals surface area (Å²) in [5.74, 6) is -0.707. The van der Waals surface area contributed by atoms with Crippen molar-refractivity contribution in [2.45, 2.75) is 27.1 Å². The van der Waals surface area contributed by atoms with Crippen LogP contribution < -0.4 is 10.1 Å². The molecule has 2 heterocycles. The van der Waals surface area contributed by atoms with Gasteiger partial charge in [0, 0.05) is 18.0 Å². The van der Waals surface area contributed by atoms with Crippen LogP contribution in [0.5, 0.6) is 5.75 Å². The summed E-state index contributed by atoms with van der Waals surface area (Å²) in [4.78, 5) is 20.3. The second kappa shape index (κ2) is 10.1. The molecule has 0 unspecified atom stereocenters. The summed E-state index contributed by atoms with van der Waals surface area (Å²) in [6, 6.07) is 8.44. The van der Waals surface area contributed by atoms with Gasteiger partial charge in [-0.05, 0) is 42.3 Å². The number of ether oxygens (including phenoxy) is 1. The van der Waals surface area contributed by atoms with Crippen LogP contribution in [0, 0.1) is 6.92 Å². The van der Waals surface area contributed by atoms with E-state index in [4.69, 9.17) is 11.6 Å². The lowest BCUT2D eigenvalue weighted by molar-refractivity contribution is -0.274. The fourth-order valence-electron chi connectivity index (χ4n) is 2.48. The van der Waals surface area contributed by atoms with Gasteiger partial charge in [-0.25, -0.2) is 4.98 Å². The standard InChI is InChI=1S/C19H13ClF3N3O2.C2H6/c1-11-15(12-2-5-14(6-3-12)28-19(21,22)23)9-24-10-16(11)26-18(27)13-4-7-17(20)25-8-13;1-2/h2-10H,1H3,(H,26,27);1-2H3. The van der Waals surface area contributed by atoms with Crippen molar-refractivity contribution < 1.29 is 22.7 Å². The molecule has 9 heteroatoms. The van der Waals surface area contributed by atoms with Gasteiger partial charge >= 0.3 is 6.36 Å². The number of aromatic nitrogens is 2. The van der Waals surface area contributed by atoms with Crippen molar-refractivity contribution in [2.75, 3.05) is 5.32 Å². The number of carbonyl (C=O) groups excluding carboxylic acids is 1. The van der Waals surface area contributed by atoms with Crippen LogP contribution in [0.2, 0.25) is 5.15 Å². The normalized spacial score (nSPS) is 10.6. The first kappa shape index (κ1) is 23.2. The SMILES string of the molecule is CC.Cc1c(NC(=O)c2ccc(Cl)nc2)cncc1-c1ccc(OC(F)(F)F)cc1. The molecule has 3 aromatic rings. The monoisotopic (exact) mass is 437 g/mol. The Bertz CT molecular complexity index is 992. The lowest BCUT2D eigenvalue weighted by Gasteiger charge is -2.13. The maximum absolute atomic E-state index is 12.4. The number of nitrogens with one attached hydrogen (secondary N) is 1. The highest BCUT2D eigenvalue weighted by Gasteiger charge is 2.31. The summed E-state index contributed by atoms with van der Waals surface area (Å²) in [7, 11) is 0. The maximum Gasteiger partial charge on any atom is 0.573 e. The summed E-state index contributed by atoms with van der Waals surface area (Å²) >= 11 is 5.71. The van der Waals surface area contributed by atoms with Crippen LogP contribution in [0.25, 0.3) is 11.1 Å². The Morgan fingerprint density at radius 3 is 2.27 bits per heavy atom. The molecule has 0 saturated heterocycles. The molecule has 0 bridgehead atoms. The van der Waals surface area contributed by atoms with Crippen molar-refractivity contribution in [3.63, 3.8) is 0 Å². The van der Waals surface area contributed by atoms with E-state index < -0.39 is 6.36 Å². The average molecular weight is 438 g/mol. The number of amides is 1. The van der Waals surface area contributed by atoms with Crippen molar-refractivity contribution in [2.24, 2.45) is 0 Å². The topological polar surface area (TPSA) is 64.1 Å². The molecule has 0 aliphatic heterocycles. The quantitative estimate of drug-likeness (QED) is 0.488. The van der Waals surface area contributed by atoms with Crippen LogP contribution in [0.15, 0.2) is 55.0 Å². The molecule has 2 aromatic heterocycles. The van der Waals surface area contributed by atoms with E-state index in [0.29, 0.717) is 27.9 Å². The van der Waals surface area contributed by atoms with Crippen molar-refractivity contribution in [1.82, 2.24) is 9.97 Å². The van der Waals surface area contributed by atoms with E-state index in [0.717, 1.165) is 0 Å². The van der Waals surface area contributed by atoms with Gasteiger partial charge in [0.2, 0.25) is 0 Å². The summed E-state index contributed by atoms with van der Waals surface area (Å²) in [5.41, 5.74) is 2.78. The minimum Gasteiger partial charge on any atom is -0.406 e. The lowest BCUT2D eigenvalue weighted by atomic mass is 10.0. The van der Waals surface area contributed by atoms with Crippen molar-refractivity contribution in [3.05, 3.63) is 71.3 Å². The number of alkyl halides is 3. The Kier molecular flexibility index (Phi) is 7.77. The second-order valence-electron chi connectivity index (χ2n) is 5.76. The van der Waals surface area contributed by atoms with Gasteiger partial charge in [-0.15, -0.1) is 13.2 Å². The van der Waals surface area contributed by atoms with Gasteiger partial charge in [-0.1, -0.05) is 37.6 Å². The van der Waals surface area contributed by atoms with Crippen LogP contribution in [0.3, 0.4) is 0 Å². The zero-order valence-corrected chi connectivity index (χ0v) is 17.2. The Hall–Kier alpha value is -3.13. The molecule has 0 aliphatic carbocycles. The van der Waals surface area contributed by atoms with E-state index in [9.17, 15) is 18.0 Å². The van der Waals surface area contributed by atoms with E-state index in [2.05, 4.69) is 20.0 Å². The Morgan fingerprint density at radius 2 is 1.70 bits per heavy atom. The van der Waals surface area contributed by atoms with Gasteiger partial charge in [-0.3, -0.25) is 9.78 Å². The second-order valence-corrected chi connectivity index (χ2v) is 6.14. The summed E-state index contributed by atoms with van der Waals surface area (Å²) in [5, 5.41) is 3.01. The first-order valence-electron chi connectivity index (χ1n) is 8.96. The molecule has 0 saturated carbocycles. The molecule has 5 nitrogen and oxygen atoms in total. The highest BCUT2D eigenvalue weighted by Crippen LogP contribution is 2.30. The van der Waals surface area contributed by atoms with E-state index in [1.165, 1.54) is 48.8 Å². The third-order valence-corrected chi connectivity index (χ3v) is 4.08. The molecule has 1 amide bonds. The van der Waals surface area contributed by atoms with Crippen LogP contribution in [0.4, 0.5) is 18.9 Å². The minimum atomic E-state index is -4.75. The van der Waals surface area contributed by atoms with Crippen LogP contribution >= 0.6 is 11.6 Å². The highest BCUT2D eigenvalue weighted by molar-refractivity contribution is 6.29. The van der Waals surface area contributed by atoms with Gasteiger partial charge in [0.15, 0.2) is 0 Å². The summed E-state index contributed by atoms with van der Waals surface area (Å²) in [6.07, 6.45) is -0.348. The van der Waals surface area contributed by atoms with Crippen molar-refractivity contribution >= 4 is 23.2 Å². The molecule has 158 valence electrons. The van der Waals surface area contributed by atoms with Gasteiger partial charge in [0.1, 0.15) is 10.9 Å². The van der Waals surface area contributed by atoms with E-state index in [1.54, 1.807) is 13.1 Å². The van der Waals surface area contributed by atoms with Crippen molar-refractivity contribution in [3.8, 4) is 16.9 Å². The highest BCUT2D eigenvalue weighted by atomic mass is 35.5. The van der Waals surface area contributed by atoms with E-state index in [-0.39, 0.29) is 16.8 Å². The third-order valence-electron chi connectivity index (χ3n) is 3.85. The molecule has 1 aromatic carbocycles. The Labute approximate surface area is 176 Å². The zero-order valence-electron chi connectivity index (χ0n) is 16.4. The number of anilines is 1. The van der Waals surface area contributed by atoms with Crippen molar-refractivity contribution in [1.29, 1.82) is 0 Å². The largest absolute Gasteiger partial charge is 0.573 e. The number of hydrogen-bond donors (Lipinski definition) is 1. The summed E-state index contributed by atoms with van der Waals surface area (Å²) in [6.45, 7) is 5.77. The number of carbonyl (C=O) groups is 1. The van der Waals surface area contributed by atoms with Crippen LogP contribution in [0.1, 0.15) is 29.8 Å². The molecule has 1 N–H and O–H groups in total. The molecule has 3 rings (SSSR count). The molecule has 0 radical (unpaired) electrons. The fourth-order valence-corrected chi connectivity index (χ4v) is 2.59. The van der Waals surface area contributed by atoms with Gasteiger partial charge in [-0.2, -0.15) is 0 Å². The summed E-state index contributed by atoms with van der Waals surface area (Å²) < 4.78 is 40.7. The molecule has 0 aliphatic rings. The van der Waals surface area contributed by atoms with Crippen LogP contribution in [-0.2, 0) is 0 Å². The number of hydrogen-bond acceptors (Lipinski definition) is 4. The fraction of sp³-hybridized carbons (Fsp3) is 0.190. The van der Waals surface area contributed by atoms with Gasteiger partial charge in [0.25, 0.3) is 5.91 Å². The van der Waals surface area contributed by atoms with Crippen LogP contribution in [-0.4, -0.2) is 22.2 Å². The van der Waals surface area contributed by atoms with E-state index >= 15 is 0 Å². The molecule has 0 fully saturated rings. The Morgan fingerprint density at radius 1 is 1.03 bits per heavy atom. The molecular weight excluding hydrogens is 419 g/mol. The zero-order chi connectivity index (χ0) is 22.3. The third kappa shape index (κ3) is 6.18.